The maximum atomic E-state index is 12.7. The molecule has 1 aromatic rings. The quantitative estimate of drug-likeness (QED) is 0.912. The molecule has 3 amide bonds. The smallest absolute Gasteiger partial charge is 0.317 e. The molecule has 0 bridgehead atoms. The highest BCUT2D eigenvalue weighted by Crippen LogP contribution is 2.23. The van der Waals surface area contributed by atoms with Gasteiger partial charge in [0.15, 0.2) is 0 Å². The van der Waals surface area contributed by atoms with Gasteiger partial charge in [-0.3, -0.25) is 4.79 Å². The zero-order valence-electron chi connectivity index (χ0n) is 14.4. The molecule has 2 aliphatic rings. The number of rotatable bonds is 3. The number of thiophene rings is 1. The van der Waals surface area contributed by atoms with Crippen LogP contribution in [0.3, 0.4) is 0 Å². The van der Waals surface area contributed by atoms with Crippen molar-refractivity contribution in [2.75, 3.05) is 26.2 Å². The van der Waals surface area contributed by atoms with Crippen molar-refractivity contribution in [3.8, 4) is 0 Å². The lowest BCUT2D eigenvalue weighted by molar-refractivity contribution is -0.138. The third-order valence-electron chi connectivity index (χ3n) is 5.15. The first-order valence-electron chi connectivity index (χ1n) is 8.97. The highest BCUT2D eigenvalue weighted by atomic mass is 32.1. The second-order valence-electron chi connectivity index (χ2n) is 7.03. The summed E-state index contributed by atoms with van der Waals surface area (Å²) >= 11 is 1.64. The highest BCUT2D eigenvalue weighted by Gasteiger charge is 2.32. The van der Waals surface area contributed by atoms with E-state index in [9.17, 15) is 9.59 Å². The van der Waals surface area contributed by atoms with Gasteiger partial charge in [-0.15, -0.1) is 11.3 Å². The number of hydrogen-bond donors (Lipinski definition) is 1. The first kappa shape index (κ1) is 17.3. The zero-order valence-corrected chi connectivity index (χ0v) is 15.2. The van der Waals surface area contributed by atoms with E-state index >= 15 is 0 Å². The molecule has 3 heterocycles. The zero-order chi connectivity index (χ0) is 16.9. The molecule has 0 aliphatic carbocycles. The third-order valence-corrected chi connectivity index (χ3v) is 6.02. The summed E-state index contributed by atoms with van der Waals surface area (Å²) in [5, 5.41) is 4.98. The van der Waals surface area contributed by atoms with E-state index in [4.69, 9.17) is 0 Å². The summed E-state index contributed by atoms with van der Waals surface area (Å²) < 4.78 is 0. The molecular weight excluding hydrogens is 322 g/mol. The molecule has 1 unspecified atom stereocenters. The van der Waals surface area contributed by atoms with Crippen molar-refractivity contribution in [1.82, 2.24) is 15.1 Å². The van der Waals surface area contributed by atoms with Crippen molar-refractivity contribution in [2.45, 2.75) is 39.2 Å². The van der Waals surface area contributed by atoms with E-state index in [0.29, 0.717) is 13.1 Å². The summed E-state index contributed by atoms with van der Waals surface area (Å²) in [4.78, 5) is 30.1. The van der Waals surface area contributed by atoms with Gasteiger partial charge in [-0.25, -0.2) is 4.79 Å². The summed E-state index contributed by atoms with van der Waals surface area (Å²) in [6.45, 7) is 5.87. The standard InChI is InChI=1S/C18H27N3O2S/c1-14-6-9-20(10-7-14)17(22)15-4-2-8-21(13-15)18(23)19-12-16-5-3-11-24-16/h3,5,11,14-15H,2,4,6-10,12-13H2,1H3,(H,19,23). The Bertz CT molecular complexity index is 553. The molecule has 5 nitrogen and oxygen atoms in total. The van der Waals surface area contributed by atoms with E-state index in [1.807, 2.05) is 27.3 Å². The van der Waals surface area contributed by atoms with Crippen LogP contribution in [0.4, 0.5) is 4.79 Å². The van der Waals surface area contributed by atoms with Crippen molar-refractivity contribution < 1.29 is 9.59 Å². The Morgan fingerprint density at radius 2 is 2.00 bits per heavy atom. The molecule has 0 saturated carbocycles. The van der Waals surface area contributed by atoms with Crippen LogP contribution in [0.2, 0.25) is 0 Å². The molecule has 0 aromatic carbocycles. The maximum absolute atomic E-state index is 12.7. The highest BCUT2D eigenvalue weighted by molar-refractivity contribution is 7.09. The summed E-state index contributed by atoms with van der Waals surface area (Å²) in [6, 6.07) is 3.96. The van der Waals surface area contributed by atoms with Gasteiger partial charge >= 0.3 is 6.03 Å². The number of carbonyl (C=O) groups is 2. The first-order chi connectivity index (χ1) is 11.6. The fourth-order valence-corrected chi connectivity index (χ4v) is 4.18. The number of amides is 3. The lowest BCUT2D eigenvalue weighted by Gasteiger charge is -2.37. The number of carbonyl (C=O) groups excluding carboxylic acids is 2. The van der Waals surface area contributed by atoms with Gasteiger partial charge in [0.1, 0.15) is 0 Å². The Morgan fingerprint density at radius 3 is 2.71 bits per heavy atom. The number of hydrogen-bond acceptors (Lipinski definition) is 3. The molecule has 0 spiro atoms. The lowest BCUT2D eigenvalue weighted by atomic mass is 9.93. The van der Waals surface area contributed by atoms with Gasteiger partial charge in [0.2, 0.25) is 5.91 Å². The Kier molecular flexibility index (Phi) is 5.76. The Labute approximate surface area is 148 Å². The topological polar surface area (TPSA) is 52.7 Å². The fraction of sp³-hybridized carbons (Fsp3) is 0.667. The van der Waals surface area contributed by atoms with Gasteiger partial charge in [-0.1, -0.05) is 13.0 Å². The molecule has 2 aliphatic heterocycles. The minimum absolute atomic E-state index is 0.0281. The number of nitrogens with zero attached hydrogens (tertiary/aromatic N) is 2. The van der Waals surface area contributed by atoms with E-state index in [1.165, 1.54) is 0 Å². The fourth-order valence-electron chi connectivity index (χ4n) is 3.54. The van der Waals surface area contributed by atoms with E-state index in [0.717, 1.165) is 56.1 Å². The summed E-state index contributed by atoms with van der Waals surface area (Å²) in [5.74, 6) is 0.942. The van der Waals surface area contributed by atoms with E-state index < -0.39 is 0 Å². The van der Waals surface area contributed by atoms with Crippen LogP contribution in [0.25, 0.3) is 0 Å². The van der Waals surface area contributed by atoms with Gasteiger partial charge in [0.05, 0.1) is 12.5 Å². The maximum Gasteiger partial charge on any atom is 0.317 e. The van der Waals surface area contributed by atoms with Crippen LogP contribution in [-0.2, 0) is 11.3 Å². The van der Waals surface area contributed by atoms with Gasteiger partial charge < -0.3 is 15.1 Å². The van der Waals surface area contributed by atoms with Crippen LogP contribution in [0.1, 0.15) is 37.5 Å². The van der Waals surface area contributed by atoms with E-state index in [-0.39, 0.29) is 17.9 Å². The number of piperidine rings is 2. The SMILES string of the molecule is CC1CCN(C(=O)C2CCCN(C(=O)NCc3cccs3)C2)CC1. The van der Waals surface area contributed by atoms with Crippen molar-refractivity contribution >= 4 is 23.3 Å². The molecule has 1 N–H and O–H groups in total. The average molecular weight is 350 g/mol. The normalized spacial score (nSPS) is 22.5. The molecular formula is C18H27N3O2S. The Balaban J connectivity index is 1.50. The monoisotopic (exact) mass is 349 g/mol. The minimum Gasteiger partial charge on any atom is -0.342 e. The number of nitrogens with one attached hydrogen (secondary N) is 1. The molecule has 2 fully saturated rings. The molecule has 1 aromatic heterocycles. The summed E-state index contributed by atoms with van der Waals surface area (Å²) in [5.41, 5.74) is 0. The van der Waals surface area contributed by atoms with Crippen LogP contribution >= 0.6 is 11.3 Å². The van der Waals surface area contributed by atoms with E-state index in [2.05, 4.69) is 12.2 Å². The number of urea groups is 1. The second-order valence-corrected chi connectivity index (χ2v) is 8.06. The predicted octanol–water partition coefficient (Wildman–Crippen LogP) is 2.93. The molecule has 6 heteroatoms. The van der Waals surface area contributed by atoms with Crippen LogP contribution in [0.5, 0.6) is 0 Å². The second kappa shape index (κ2) is 8.01. The van der Waals surface area contributed by atoms with Crippen molar-refractivity contribution in [2.24, 2.45) is 11.8 Å². The molecule has 132 valence electrons. The molecule has 1 atom stereocenters. The third kappa shape index (κ3) is 4.29. The summed E-state index contributed by atoms with van der Waals surface area (Å²) in [6.07, 6.45) is 4.01. The van der Waals surface area contributed by atoms with Crippen LogP contribution in [0.15, 0.2) is 17.5 Å². The average Bonchev–Trinajstić information content (AvgIpc) is 3.13. The van der Waals surface area contributed by atoms with Crippen LogP contribution in [-0.4, -0.2) is 47.9 Å². The molecule has 24 heavy (non-hydrogen) atoms. The largest absolute Gasteiger partial charge is 0.342 e. The first-order valence-corrected chi connectivity index (χ1v) is 9.85. The minimum atomic E-state index is -0.0480. The Morgan fingerprint density at radius 1 is 1.21 bits per heavy atom. The van der Waals surface area contributed by atoms with Crippen LogP contribution in [0, 0.1) is 11.8 Å². The van der Waals surface area contributed by atoms with Gasteiger partial charge in [0, 0.05) is 31.1 Å². The van der Waals surface area contributed by atoms with Crippen molar-refractivity contribution in [3.05, 3.63) is 22.4 Å². The number of likely N-dealkylation sites (tertiary alicyclic amines) is 2. The van der Waals surface area contributed by atoms with Gasteiger partial charge in [-0.2, -0.15) is 0 Å². The van der Waals surface area contributed by atoms with Crippen molar-refractivity contribution in [3.63, 3.8) is 0 Å². The van der Waals surface area contributed by atoms with Crippen LogP contribution < -0.4 is 5.32 Å². The Hall–Kier alpha value is -1.56. The molecule has 3 rings (SSSR count). The summed E-state index contributed by atoms with van der Waals surface area (Å²) in [7, 11) is 0. The molecule has 2 saturated heterocycles. The van der Waals surface area contributed by atoms with Gasteiger partial charge in [-0.05, 0) is 43.0 Å². The predicted molar refractivity (Wildman–Crippen MR) is 95.8 cm³/mol. The van der Waals surface area contributed by atoms with Crippen molar-refractivity contribution in [1.29, 1.82) is 0 Å². The lowest BCUT2D eigenvalue weighted by Crippen LogP contribution is -2.50. The van der Waals surface area contributed by atoms with Gasteiger partial charge in [0.25, 0.3) is 0 Å². The molecule has 0 radical (unpaired) electrons. The van der Waals surface area contributed by atoms with E-state index in [1.54, 1.807) is 11.3 Å².